The van der Waals surface area contributed by atoms with Crippen molar-refractivity contribution in [2.45, 2.75) is 37.0 Å². The molecule has 1 saturated heterocycles. The predicted octanol–water partition coefficient (Wildman–Crippen LogP) is 5.82. The molecule has 2 unspecified atom stereocenters. The highest BCUT2D eigenvalue weighted by molar-refractivity contribution is 6.30. The standard InChI is InChI=1S/C27H27ClN2/c28-21-7-8-23-24-16-27(26(23)15-21,25-6-2-1-5-22(24)25)18-30-12-9-19(10-13-30)14-20-4-3-11-29-17-20/h1-8,11,15,17,19,24H,9-10,12-14,16,18H2. The number of halogens is 1. The quantitative estimate of drug-likeness (QED) is 0.534. The number of benzene rings is 2. The summed E-state index contributed by atoms with van der Waals surface area (Å²) in [6.07, 6.45) is 8.81. The number of aromatic nitrogens is 1. The second-order valence-corrected chi connectivity index (χ2v) is 9.88. The Bertz CT molecular complexity index is 1070. The molecule has 30 heavy (non-hydrogen) atoms. The Hall–Kier alpha value is -2.16. The molecule has 0 saturated carbocycles. The Morgan fingerprint density at radius 2 is 1.80 bits per heavy atom. The van der Waals surface area contributed by atoms with E-state index in [0.29, 0.717) is 5.92 Å². The molecule has 0 amide bonds. The van der Waals surface area contributed by atoms with Crippen LogP contribution in [0.4, 0.5) is 0 Å². The van der Waals surface area contributed by atoms with Crippen LogP contribution in [0.5, 0.6) is 0 Å². The van der Waals surface area contributed by atoms with Crippen LogP contribution in [0.2, 0.25) is 5.02 Å². The summed E-state index contributed by atoms with van der Waals surface area (Å²) in [4.78, 5) is 7.00. The molecule has 152 valence electrons. The van der Waals surface area contributed by atoms with Crippen molar-refractivity contribution < 1.29 is 0 Å². The zero-order valence-corrected chi connectivity index (χ0v) is 18.0. The zero-order chi connectivity index (χ0) is 20.1. The zero-order valence-electron chi connectivity index (χ0n) is 17.2. The normalized spacial score (nSPS) is 25.3. The van der Waals surface area contributed by atoms with Crippen molar-refractivity contribution in [1.82, 2.24) is 9.88 Å². The Balaban J connectivity index is 1.24. The molecule has 6 rings (SSSR count). The number of piperidine rings is 1. The maximum atomic E-state index is 6.47. The molecule has 2 bridgehead atoms. The second kappa shape index (κ2) is 7.21. The highest BCUT2D eigenvalue weighted by atomic mass is 35.5. The van der Waals surface area contributed by atoms with Gasteiger partial charge in [-0.3, -0.25) is 4.98 Å². The van der Waals surface area contributed by atoms with Gasteiger partial charge >= 0.3 is 0 Å². The summed E-state index contributed by atoms with van der Waals surface area (Å²) < 4.78 is 0. The third-order valence-electron chi connectivity index (χ3n) is 7.76. The summed E-state index contributed by atoms with van der Waals surface area (Å²) >= 11 is 6.47. The average Bonchev–Trinajstić information content (AvgIpc) is 3.27. The lowest BCUT2D eigenvalue weighted by molar-refractivity contribution is 0.158. The van der Waals surface area contributed by atoms with Crippen molar-refractivity contribution in [2.24, 2.45) is 5.92 Å². The summed E-state index contributed by atoms with van der Waals surface area (Å²) in [5, 5.41) is 0.869. The molecule has 3 aromatic rings. The van der Waals surface area contributed by atoms with E-state index in [9.17, 15) is 0 Å². The highest BCUT2D eigenvalue weighted by Gasteiger charge is 2.53. The smallest absolute Gasteiger partial charge is 0.0409 e. The molecule has 0 N–H and O–H groups in total. The minimum absolute atomic E-state index is 0.109. The van der Waals surface area contributed by atoms with Gasteiger partial charge in [-0.2, -0.15) is 0 Å². The van der Waals surface area contributed by atoms with Crippen molar-refractivity contribution in [3.8, 4) is 0 Å². The van der Waals surface area contributed by atoms with Crippen molar-refractivity contribution in [2.75, 3.05) is 19.6 Å². The van der Waals surface area contributed by atoms with Crippen LogP contribution in [-0.4, -0.2) is 29.5 Å². The average molecular weight is 415 g/mol. The lowest BCUT2D eigenvalue weighted by atomic mass is 9.74. The van der Waals surface area contributed by atoms with Crippen LogP contribution in [0.15, 0.2) is 67.0 Å². The Kier molecular flexibility index (Phi) is 4.47. The number of fused-ring (bicyclic) bond motifs is 8. The number of pyridine rings is 1. The van der Waals surface area contributed by atoms with Crippen LogP contribution in [0, 0.1) is 5.92 Å². The van der Waals surface area contributed by atoms with Crippen LogP contribution in [0.1, 0.15) is 53.0 Å². The molecular formula is C27H27ClN2. The van der Waals surface area contributed by atoms with Crippen molar-refractivity contribution in [1.29, 1.82) is 0 Å². The van der Waals surface area contributed by atoms with E-state index in [4.69, 9.17) is 11.6 Å². The monoisotopic (exact) mass is 414 g/mol. The molecule has 1 fully saturated rings. The van der Waals surface area contributed by atoms with Gasteiger partial charge in [0, 0.05) is 35.3 Å². The van der Waals surface area contributed by atoms with E-state index in [1.54, 1.807) is 11.1 Å². The third-order valence-corrected chi connectivity index (χ3v) is 7.99. The molecule has 2 atom stereocenters. The molecule has 3 aliphatic rings. The number of rotatable bonds is 4. The molecule has 3 heteroatoms. The highest BCUT2D eigenvalue weighted by Crippen LogP contribution is 2.60. The van der Waals surface area contributed by atoms with Gasteiger partial charge < -0.3 is 4.90 Å². The van der Waals surface area contributed by atoms with E-state index in [1.807, 2.05) is 12.4 Å². The molecule has 2 aromatic carbocycles. The number of hydrogen-bond donors (Lipinski definition) is 0. The minimum Gasteiger partial charge on any atom is -0.302 e. The van der Waals surface area contributed by atoms with Gasteiger partial charge in [0.25, 0.3) is 0 Å². The van der Waals surface area contributed by atoms with E-state index in [-0.39, 0.29) is 5.41 Å². The van der Waals surface area contributed by atoms with Gasteiger partial charge in [-0.15, -0.1) is 0 Å². The Morgan fingerprint density at radius 3 is 2.63 bits per heavy atom. The lowest BCUT2D eigenvalue weighted by Gasteiger charge is -2.40. The lowest BCUT2D eigenvalue weighted by Crippen LogP contribution is -2.44. The molecule has 2 nitrogen and oxygen atoms in total. The first-order chi connectivity index (χ1) is 14.7. The molecule has 2 aliphatic carbocycles. The first-order valence-electron chi connectivity index (χ1n) is 11.2. The van der Waals surface area contributed by atoms with Crippen LogP contribution < -0.4 is 0 Å². The van der Waals surface area contributed by atoms with E-state index >= 15 is 0 Å². The molecule has 0 radical (unpaired) electrons. The van der Waals surface area contributed by atoms with Gasteiger partial charge in [-0.25, -0.2) is 0 Å². The van der Waals surface area contributed by atoms with E-state index in [2.05, 4.69) is 64.5 Å². The topological polar surface area (TPSA) is 16.1 Å². The van der Waals surface area contributed by atoms with Gasteiger partial charge in [0.1, 0.15) is 0 Å². The molecule has 2 heterocycles. The van der Waals surface area contributed by atoms with Crippen LogP contribution in [-0.2, 0) is 11.8 Å². The second-order valence-electron chi connectivity index (χ2n) is 9.44. The first kappa shape index (κ1) is 18.6. The summed E-state index contributed by atoms with van der Waals surface area (Å²) in [5.41, 5.74) is 7.56. The Morgan fingerprint density at radius 1 is 0.967 bits per heavy atom. The van der Waals surface area contributed by atoms with Crippen molar-refractivity contribution in [3.63, 3.8) is 0 Å². The van der Waals surface area contributed by atoms with Crippen LogP contribution in [0.25, 0.3) is 0 Å². The third kappa shape index (κ3) is 2.92. The summed E-state index contributed by atoms with van der Waals surface area (Å²) in [6, 6.07) is 20.0. The van der Waals surface area contributed by atoms with Gasteiger partial charge in [0.05, 0.1) is 0 Å². The number of nitrogens with zero attached hydrogens (tertiary/aromatic N) is 2. The van der Waals surface area contributed by atoms with Crippen molar-refractivity contribution >= 4 is 11.6 Å². The Labute approximate surface area is 183 Å². The SMILES string of the molecule is Clc1ccc2c(c1)C1(CN3CCC(Cc4cccnc4)CC3)CC2c2ccccc21. The van der Waals surface area contributed by atoms with Gasteiger partial charge in [0.15, 0.2) is 0 Å². The van der Waals surface area contributed by atoms with E-state index in [1.165, 1.54) is 49.0 Å². The minimum atomic E-state index is 0.109. The largest absolute Gasteiger partial charge is 0.302 e. The van der Waals surface area contributed by atoms with Crippen LogP contribution >= 0.6 is 11.6 Å². The van der Waals surface area contributed by atoms with Gasteiger partial charge in [-0.1, -0.05) is 48.0 Å². The molecule has 0 spiro atoms. The van der Waals surface area contributed by atoms with Gasteiger partial charge in [-0.05, 0) is 90.7 Å². The fraction of sp³-hybridized carbons (Fsp3) is 0.370. The molecular weight excluding hydrogens is 388 g/mol. The first-order valence-corrected chi connectivity index (χ1v) is 11.6. The summed E-state index contributed by atoms with van der Waals surface area (Å²) in [7, 11) is 0. The predicted molar refractivity (Wildman–Crippen MR) is 122 cm³/mol. The summed E-state index contributed by atoms with van der Waals surface area (Å²) in [5.74, 6) is 1.31. The fourth-order valence-corrected chi connectivity index (χ4v) is 6.57. The number of hydrogen-bond acceptors (Lipinski definition) is 2. The maximum absolute atomic E-state index is 6.47. The molecule has 1 aromatic heterocycles. The fourth-order valence-electron chi connectivity index (χ4n) is 6.40. The van der Waals surface area contributed by atoms with E-state index in [0.717, 1.165) is 23.9 Å². The molecule has 1 aliphatic heterocycles. The summed E-state index contributed by atoms with van der Waals surface area (Å²) in [6.45, 7) is 3.50. The number of likely N-dealkylation sites (tertiary alicyclic amines) is 1. The van der Waals surface area contributed by atoms with Crippen molar-refractivity contribution in [3.05, 3.63) is 99.8 Å². The van der Waals surface area contributed by atoms with E-state index < -0.39 is 0 Å². The van der Waals surface area contributed by atoms with Gasteiger partial charge in [0.2, 0.25) is 0 Å². The maximum Gasteiger partial charge on any atom is 0.0409 e. The van der Waals surface area contributed by atoms with Crippen LogP contribution in [0.3, 0.4) is 0 Å².